The Kier molecular flexibility index (Phi) is 58.2. The molecule has 4 aliphatic rings. The first-order valence-corrected chi connectivity index (χ1v) is 48.2. The van der Waals surface area contributed by atoms with Crippen LogP contribution in [-0.2, 0) is 46.0 Å². The van der Waals surface area contributed by atoms with E-state index < -0.39 is 44.2 Å². The summed E-state index contributed by atoms with van der Waals surface area (Å²) in [5.41, 5.74) is 2.75. The molecule has 38 nitrogen and oxygen atoms in total. The van der Waals surface area contributed by atoms with Crippen molar-refractivity contribution in [3.05, 3.63) is 173 Å². The molecule has 0 bridgehead atoms. The first-order chi connectivity index (χ1) is 61.3. The summed E-state index contributed by atoms with van der Waals surface area (Å²) in [6, 6.07) is 17.4. The number of unbranched alkanes of at least 4 members (excludes halogenated alkanes) is 2. The van der Waals surface area contributed by atoms with Gasteiger partial charge in [-0.3, -0.25) is 69.4 Å². The van der Waals surface area contributed by atoms with E-state index >= 15 is 0 Å². The molecule has 0 aliphatic carbocycles. The summed E-state index contributed by atoms with van der Waals surface area (Å²) >= 11 is 9.17. The molecule has 4 N–H and O–H groups in total. The van der Waals surface area contributed by atoms with Crippen molar-refractivity contribution in [1.29, 1.82) is 0 Å². The first kappa shape index (κ1) is 119. The summed E-state index contributed by atoms with van der Waals surface area (Å²) in [4.78, 5) is 148. The number of hydrogen-bond acceptors (Lipinski definition) is 40. The molecule has 131 heavy (non-hydrogen) atoms. The van der Waals surface area contributed by atoms with E-state index in [0.717, 1.165) is 40.3 Å². The second-order valence-electron chi connectivity index (χ2n) is 27.9. The number of pyridine rings is 4. The summed E-state index contributed by atoms with van der Waals surface area (Å²) in [6.07, 6.45) is 9.12. The predicted molar refractivity (Wildman–Crippen MR) is 510 cm³/mol. The minimum Gasteiger partial charge on any atom is -0.742 e. The van der Waals surface area contributed by atoms with Crippen molar-refractivity contribution in [2.75, 3.05) is 78.5 Å². The molecule has 4 aliphatic heterocycles. The summed E-state index contributed by atoms with van der Waals surface area (Å²) in [5, 5.41) is 82.5. The number of fused-ring (bicyclic) bond motifs is 4. The van der Waals surface area contributed by atoms with E-state index in [0.29, 0.717) is 113 Å². The van der Waals surface area contributed by atoms with Gasteiger partial charge in [0.15, 0.2) is 34.3 Å². The fourth-order valence-corrected chi connectivity index (χ4v) is 17.8. The SMILES string of the molecule is C.C=C1C[C@H]2C=Nc3cc(OCCCCCOc4cc5c(cc4OC)C(=O)N4CC(=C)C[C@H]4[C@H](O)N5C(=O)OCC[C@@H](C)SSc4ccc([N+](=O)[O-])cn4)c(OC)cc3C(=O)N2C1.CC(=O)[S-].CCOC(=O)C[C@@H](C)SC(C)=O.CCOC(=O)C[C@H](C)O.C[C@@H](S)CCO.C[C@H](CCO)SSc1ccc([N+](=O)[O-])cn1.O=[N+]([O-])c1ccc(SSc2ccc([N+](=O)[O-])cn2)nc1.[K+]. The van der Waals surface area contributed by atoms with Crippen molar-refractivity contribution in [2.45, 2.75) is 199 Å². The summed E-state index contributed by atoms with van der Waals surface area (Å²) in [6.45, 7) is 26.3. The molecule has 10 rings (SSSR count). The third kappa shape index (κ3) is 43.9. The number of esters is 2. The Hall–Kier alpha value is -8.02. The van der Waals surface area contributed by atoms with Gasteiger partial charge in [0.1, 0.15) is 44.9 Å². The Morgan fingerprint density at radius 1 is 0.580 bits per heavy atom. The van der Waals surface area contributed by atoms with Crippen LogP contribution in [0.1, 0.15) is 155 Å². The summed E-state index contributed by atoms with van der Waals surface area (Å²) in [5.74, 6) is 0.412. The number of thioether (sulfide) groups is 1. The van der Waals surface area contributed by atoms with Crippen LogP contribution in [0.4, 0.5) is 38.9 Å². The molecule has 6 aromatic rings. The van der Waals surface area contributed by atoms with Crippen LogP contribution in [0.25, 0.3) is 0 Å². The number of rotatable bonds is 37. The van der Waals surface area contributed by atoms with Crippen LogP contribution in [0.2, 0.25) is 0 Å². The minimum absolute atomic E-state index is 0. The number of aromatic nitrogens is 4. The summed E-state index contributed by atoms with van der Waals surface area (Å²) in [7, 11) is 11.4. The third-order valence-corrected chi connectivity index (χ3v) is 26.2. The molecule has 3 amide bonds. The van der Waals surface area contributed by atoms with Gasteiger partial charge in [0, 0.05) is 102 Å². The Morgan fingerprint density at radius 3 is 1.40 bits per heavy atom. The number of anilines is 1. The van der Waals surface area contributed by atoms with Crippen LogP contribution in [0.15, 0.2) is 147 Å². The topological polar surface area (TPSA) is 511 Å². The molecule has 8 atom stereocenters. The number of methoxy groups -OCH3 is 2. The van der Waals surface area contributed by atoms with Crippen LogP contribution in [-0.4, -0.2) is 235 Å². The average molecular weight is 2020 g/mol. The van der Waals surface area contributed by atoms with Crippen LogP contribution >= 0.6 is 89.2 Å². The number of aliphatic imine (C=N–C) groups is 1. The molecule has 8 heterocycles. The van der Waals surface area contributed by atoms with Crippen LogP contribution < -0.4 is 75.2 Å². The summed E-state index contributed by atoms with van der Waals surface area (Å²) < 4.78 is 38.5. The normalized spacial score (nSPS) is 15.2. The number of ether oxygens (including phenoxy) is 7. The number of amides is 3. The van der Waals surface area contributed by atoms with Gasteiger partial charge in [-0.25, -0.2) is 29.6 Å². The van der Waals surface area contributed by atoms with Gasteiger partial charge in [0.25, 0.3) is 34.6 Å². The molecule has 0 saturated carbocycles. The van der Waals surface area contributed by atoms with Gasteiger partial charge < -0.3 is 80.8 Å². The quantitative estimate of drug-likeness (QED) is 0.00231. The number of nitrogens with zero attached hydrogens (tertiary/aromatic N) is 12. The Labute approximate surface area is 841 Å². The van der Waals surface area contributed by atoms with Gasteiger partial charge in [0.05, 0.1) is 120 Å². The molecule has 2 fully saturated rings. The molecule has 4 aromatic heterocycles. The monoisotopic (exact) mass is 2020 g/mol. The number of aliphatic hydroxyl groups excluding tert-OH is 4. The van der Waals surface area contributed by atoms with E-state index in [1.807, 2.05) is 27.7 Å². The zero-order valence-electron chi connectivity index (χ0n) is 73.6. The number of carbonyl (C=O) groups is 7. The minimum atomic E-state index is -1.44. The predicted octanol–water partition coefficient (Wildman–Crippen LogP) is 13.3. The van der Waals surface area contributed by atoms with E-state index in [-0.39, 0.29) is 194 Å². The van der Waals surface area contributed by atoms with Crippen molar-refractivity contribution < 1.29 is 158 Å². The van der Waals surface area contributed by atoms with E-state index in [2.05, 4.69) is 68.1 Å². The molecule has 2 aromatic carbocycles. The average Bonchev–Trinajstić information content (AvgIpc) is 1.62. The number of nitro groups is 4. The zero-order valence-corrected chi connectivity index (χ0v) is 84.2. The van der Waals surface area contributed by atoms with E-state index in [4.69, 9.17) is 43.7 Å². The standard InChI is InChI=1S/C43H48N6O11S2.C10H6N4O4S2.C9H12N2O3S2.C8H14O3S.C6H12O3.C4H10OS.C2H4OS.CH4.K/c1-25-15-29-22-44-32-19-37(35(56-4)17-30(32)40(50)46(29)23-25)58-12-7-6-8-13-59-38-20-33-31(18-36(38)57-5)41(51)47-24-26(2)16-34(47)42(52)48(33)43(53)60-14-11-27(3)61-62-39-10-9-28(21-45-39)49(54)55;15-13(16)7-1-3-9(11-5-7)19-20-10-4-2-8(6-12-10)14(17)18;1-7(4-5-12)15-16-9-3-2-8(6-10-9)11(13)14;1-4-11-8(10)5-6(2)12-7(3)9;1-3-9-6(8)4-5(2)7;1-4(6)2-3-5;1-2(3)4;;/h9-10,17-22,27,29,34,42,52H,1-2,6-8,11-16,23-24H2,3-5H3;1-6H;2-3,6-7,12H,4-5H2,1H3;6H,4-5H2,1-3H3;5,7H,3-4H2,1-2H3;4-6H,2-3H2,1H3;1H3,(H,3,4);1H4;/q;;;;;;;;+1/p-1/t27-,29+,34+,42+;;7-;6-;5-;4-;;;/m1.1101.../s1. The van der Waals surface area contributed by atoms with Crippen molar-refractivity contribution in [3.63, 3.8) is 0 Å². The van der Waals surface area contributed by atoms with Gasteiger partial charge in [-0.05, 0) is 159 Å². The zero-order chi connectivity index (χ0) is 96.0. The Balaban J connectivity index is 0.000000676. The smallest absolute Gasteiger partial charge is 0.742 e. The van der Waals surface area contributed by atoms with Gasteiger partial charge in [-0.2, -0.15) is 12.6 Å². The van der Waals surface area contributed by atoms with Crippen molar-refractivity contribution in [1.82, 2.24) is 29.7 Å². The van der Waals surface area contributed by atoms with Crippen LogP contribution in [0.3, 0.4) is 0 Å². The number of aliphatic hydroxyl groups is 4. The van der Waals surface area contributed by atoms with E-state index in [1.165, 1.54) is 172 Å². The molecule has 2 saturated heterocycles. The Morgan fingerprint density at radius 2 is 1.00 bits per heavy atom. The van der Waals surface area contributed by atoms with Crippen LogP contribution in [0, 0.1) is 40.5 Å². The maximum atomic E-state index is 14.0. The van der Waals surface area contributed by atoms with Crippen molar-refractivity contribution >= 4 is 182 Å². The fraction of sp³-hybridized carbons (Fsp3) is 0.470. The van der Waals surface area contributed by atoms with Gasteiger partial charge in [0.2, 0.25) is 0 Å². The molecule has 712 valence electrons. The van der Waals surface area contributed by atoms with Gasteiger partial charge in [-0.15, -0.1) is 0 Å². The third-order valence-electron chi connectivity index (χ3n) is 17.1. The first-order valence-electron chi connectivity index (χ1n) is 39.8. The molecule has 48 heteroatoms. The van der Waals surface area contributed by atoms with Gasteiger partial charge in [-0.1, -0.05) is 92.8 Å². The molecule has 0 radical (unpaired) electrons. The molecule has 0 spiro atoms. The second kappa shape index (κ2) is 64.0. The number of thiol groups is 1. The largest absolute Gasteiger partial charge is 1.00 e. The maximum absolute atomic E-state index is 14.0. The molecular formula is C83H109KN12O26S9. The fourth-order valence-electron chi connectivity index (χ4n) is 11.1. The van der Waals surface area contributed by atoms with Gasteiger partial charge >= 0.3 is 69.4 Å². The van der Waals surface area contributed by atoms with Crippen molar-refractivity contribution in [2.24, 2.45) is 4.99 Å². The molecule has 0 unspecified atom stereocenters. The second-order valence-corrected chi connectivity index (χ2v) is 38.5. The van der Waals surface area contributed by atoms with E-state index in [1.54, 1.807) is 66.9 Å². The maximum Gasteiger partial charge on any atom is 1.00 e. The number of hydrogen-bond donors (Lipinski definition) is 5. The Bertz CT molecular complexity index is 4680. The molecular weight excluding hydrogens is 1910 g/mol. The van der Waals surface area contributed by atoms with Crippen molar-refractivity contribution in [3.8, 4) is 23.0 Å². The van der Waals surface area contributed by atoms with Crippen LogP contribution in [0.5, 0.6) is 23.0 Å². The number of carbonyl (C=O) groups excluding carboxylic acids is 7. The van der Waals surface area contributed by atoms with E-state index in [9.17, 15) is 79.1 Å². The number of benzene rings is 2.